The van der Waals surface area contributed by atoms with Crippen LogP contribution in [0.3, 0.4) is 0 Å². The van der Waals surface area contributed by atoms with Gasteiger partial charge in [-0.25, -0.2) is 0 Å². The summed E-state index contributed by atoms with van der Waals surface area (Å²) in [4.78, 5) is 7.84. The van der Waals surface area contributed by atoms with Gasteiger partial charge in [-0.05, 0) is 64.6 Å². The van der Waals surface area contributed by atoms with Crippen molar-refractivity contribution >= 4 is 53.0 Å². The second-order valence-electron chi connectivity index (χ2n) is 13.2. The van der Waals surface area contributed by atoms with E-state index < -0.39 is 16.6 Å². The molecule has 2 unspecified atom stereocenters. The molecule has 2 aromatic rings. The number of nitrogens with zero attached hydrogens (tertiary/aromatic N) is 3. The predicted octanol–water partition coefficient (Wildman–Crippen LogP) is 8.46. The number of benzene rings is 2. The summed E-state index contributed by atoms with van der Waals surface area (Å²) in [7, 11) is 5.29. The number of fused-ring (bicyclic) bond motifs is 1. The fourth-order valence-electron chi connectivity index (χ4n) is 8.64. The van der Waals surface area contributed by atoms with Crippen LogP contribution in [0.4, 0.5) is 0 Å². The summed E-state index contributed by atoms with van der Waals surface area (Å²) in [5, 5.41) is 3.08. The summed E-state index contributed by atoms with van der Waals surface area (Å²) >= 11 is -0.181. The molecule has 2 heterocycles. The van der Waals surface area contributed by atoms with Crippen LogP contribution in [0.1, 0.15) is 73.6 Å². The molecule has 2 aliphatic heterocycles. The molecule has 2 fully saturated rings. The van der Waals surface area contributed by atoms with Crippen molar-refractivity contribution in [3.8, 4) is 0 Å². The van der Waals surface area contributed by atoms with Crippen LogP contribution >= 0.6 is 20.1 Å². The molecule has 2 atom stereocenters. The van der Waals surface area contributed by atoms with Gasteiger partial charge >= 0.3 is 33.5 Å². The molecule has 2 aromatic carbocycles. The van der Waals surface area contributed by atoms with Crippen molar-refractivity contribution in [2.45, 2.75) is 102 Å². The molecule has 0 bridgehead atoms. The van der Waals surface area contributed by atoms with E-state index in [4.69, 9.17) is 29.5 Å². The van der Waals surface area contributed by atoms with Crippen molar-refractivity contribution in [1.82, 2.24) is 9.47 Å². The van der Waals surface area contributed by atoms with E-state index in [1.165, 1.54) is 48.4 Å². The van der Waals surface area contributed by atoms with Crippen LogP contribution in [-0.4, -0.2) is 64.3 Å². The Morgan fingerprint density at radius 3 is 1.81 bits per heavy atom. The summed E-state index contributed by atoms with van der Waals surface area (Å²) in [6.45, 7) is 18.9. The van der Waals surface area contributed by atoms with Crippen molar-refractivity contribution in [3.63, 3.8) is 0 Å². The Labute approximate surface area is 279 Å². The molecular formula is C34H54Cl2CrN3OSi2. The summed E-state index contributed by atoms with van der Waals surface area (Å²) in [5.74, 6) is 1.28. The molecular weight excluding hydrogens is 645 g/mol. The van der Waals surface area contributed by atoms with Gasteiger partial charge in [0.05, 0.1) is 0 Å². The molecule has 3 aliphatic rings. The molecule has 1 aliphatic carbocycles. The third kappa shape index (κ3) is 7.45. The van der Waals surface area contributed by atoms with Gasteiger partial charge in [-0.1, -0.05) is 102 Å². The maximum absolute atomic E-state index is 7.48. The summed E-state index contributed by atoms with van der Waals surface area (Å²) in [6.07, 6.45) is 6.34. The zero-order valence-corrected chi connectivity index (χ0v) is 32.2. The normalized spacial score (nSPS) is 20.8. The van der Waals surface area contributed by atoms with E-state index >= 15 is 0 Å². The number of halogens is 2. The molecule has 5 rings (SSSR count). The van der Waals surface area contributed by atoms with E-state index in [1.807, 2.05) is 0 Å². The first-order valence-corrected chi connectivity index (χ1v) is 23.7. The van der Waals surface area contributed by atoms with Crippen molar-refractivity contribution in [3.05, 3.63) is 68.1 Å². The fraction of sp³-hybridized carbons (Fsp3) is 0.588. The van der Waals surface area contributed by atoms with Gasteiger partial charge in [0.2, 0.25) is 16.6 Å². The average molecular weight is 700 g/mol. The van der Waals surface area contributed by atoms with E-state index in [2.05, 4.69) is 112 Å². The van der Waals surface area contributed by atoms with E-state index in [0.29, 0.717) is 28.3 Å². The molecule has 43 heavy (non-hydrogen) atoms. The second kappa shape index (κ2) is 16.7. The Morgan fingerprint density at radius 2 is 1.30 bits per heavy atom. The predicted molar refractivity (Wildman–Crippen MR) is 189 cm³/mol. The molecule has 9 heteroatoms. The molecule has 239 valence electrons. The number of hydrogen-bond donors (Lipinski definition) is 0. The Bertz CT molecular complexity index is 1080. The third-order valence-electron chi connectivity index (χ3n) is 10.1. The van der Waals surface area contributed by atoms with E-state index in [9.17, 15) is 0 Å². The Kier molecular flexibility index (Phi) is 14.2. The number of hydrogen-bond acceptors (Lipinski definition) is 4. The van der Waals surface area contributed by atoms with Gasteiger partial charge in [0.15, 0.2) is 5.96 Å². The minimum atomic E-state index is -2.42. The number of guanidine groups is 1. The van der Waals surface area contributed by atoms with Crippen LogP contribution in [0, 0.1) is 7.43 Å². The van der Waals surface area contributed by atoms with Crippen LogP contribution in [0.25, 0.3) is 0 Å². The van der Waals surface area contributed by atoms with Gasteiger partial charge in [-0.2, -0.15) is 0 Å². The maximum atomic E-state index is 7.48. The summed E-state index contributed by atoms with van der Waals surface area (Å²) in [5.41, 5.74) is 2.45. The monoisotopic (exact) mass is 698 g/mol. The Morgan fingerprint density at radius 1 is 0.791 bits per heavy atom. The van der Waals surface area contributed by atoms with Crippen LogP contribution < -0.4 is 10.4 Å². The Balaban J connectivity index is 0.00000121. The molecule has 1 saturated carbocycles. The zero-order chi connectivity index (χ0) is 30.3. The average Bonchev–Trinajstić information content (AvgIpc) is 3.46. The first-order chi connectivity index (χ1) is 20.2. The standard InChI is InChI=1S/C33H51N3OSi2.CH3.2ClH.Cr/c1-26(2)39(27(3)4,28(5)6)37-29-19-20-32(25-29)38(30-15-9-7-10-16-30,31-17-11-8-12-18-31)36-24-14-23-35-22-13-21-34-33(35)36;;;;/h7-12,15-18,26-29,32H,13-14,19-25H2,1-6H3;1H3;2*1H;/q;-1;;;+3/p-2. The molecule has 4 nitrogen and oxygen atoms in total. The summed E-state index contributed by atoms with van der Waals surface area (Å²) < 4.78 is 10.3. The zero-order valence-electron chi connectivity index (χ0n) is 27.4. The van der Waals surface area contributed by atoms with Crippen LogP contribution in [0.2, 0.25) is 22.2 Å². The Hall–Kier alpha value is -0.784. The van der Waals surface area contributed by atoms with Crippen molar-refractivity contribution in [2.24, 2.45) is 4.99 Å². The van der Waals surface area contributed by atoms with Crippen LogP contribution in [0.15, 0.2) is 65.7 Å². The third-order valence-corrected chi connectivity index (χ3v) is 21.6. The first-order valence-electron chi connectivity index (χ1n) is 16.0. The molecule has 0 amide bonds. The van der Waals surface area contributed by atoms with Gasteiger partial charge in [-0.15, -0.1) is 0 Å². The molecule has 0 spiro atoms. The molecule has 0 radical (unpaired) electrons. The van der Waals surface area contributed by atoms with Crippen molar-refractivity contribution < 1.29 is 17.8 Å². The van der Waals surface area contributed by atoms with Gasteiger partial charge in [0.1, 0.15) is 0 Å². The van der Waals surface area contributed by atoms with Gasteiger partial charge in [-0.3, -0.25) is 4.99 Å². The quantitative estimate of drug-likeness (QED) is 0.194. The van der Waals surface area contributed by atoms with E-state index in [-0.39, 0.29) is 20.8 Å². The number of rotatable bonds is 9. The molecule has 1 saturated heterocycles. The van der Waals surface area contributed by atoms with Crippen molar-refractivity contribution in [1.29, 1.82) is 0 Å². The fourth-order valence-corrected chi connectivity index (χ4v) is 20.2. The summed E-state index contributed by atoms with van der Waals surface area (Å²) in [6, 6.07) is 23.2. The number of aliphatic imine (C=N–C) groups is 1. The van der Waals surface area contributed by atoms with E-state index in [1.54, 1.807) is 0 Å². The second-order valence-corrected chi connectivity index (χ2v) is 24.7. The van der Waals surface area contributed by atoms with Gasteiger partial charge in [0.25, 0.3) is 0 Å². The first kappa shape index (κ1) is 36.7. The van der Waals surface area contributed by atoms with Crippen LogP contribution in [0.5, 0.6) is 0 Å². The van der Waals surface area contributed by atoms with Gasteiger partial charge in [0, 0.05) is 32.3 Å². The van der Waals surface area contributed by atoms with Gasteiger partial charge < -0.3 is 21.3 Å². The molecule has 0 aromatic heterocycles. The SMILES string of the molecule is CC(C)[Si](OC1CCC([Si](c2ccccc2)(c2ccccc2)N2CCCN3CCCN=C32)C1)(C(C)C)C(C)C.[CH3-].[Cl][Cr+][Cl]. The minimum absolute atomic E-state index is 0. The van der Waals surface area contributed by atoms with Crippen LogP contribution in [-0.2, 0) is 17.8 Å². The topological polar surface area (TPSA) is 28.1 Å². The van der Waals surface area contributed by atoms with E-state index in [0.717, 1.165) is 26.2 Å². The molecule has 0 N–H and O–H groups in total. The van der Waals surface area contributed by atoms with Crippen molar-refractivity contribution in [2.75, 3.05) is 26.2 Å².